The van der Waals surface area contributed by atoms with E-state index in [9.17, 15) is 0 Å². The van der Waals surface area contributed by atoms with Gasteiger partial charge in [-0.15, -0.1) is 0 Å². The molecule has 0 N–H and O–H groups in total. The lowest BCUT2D eigenvalue weighted by Crippen LogP contribution is -2.32. The molecule has 2 rings (SSSR count). The van der Waals surface area contributed by atoms with Gasteiger partial charge in [0, 0.05) is 25.9 Å². The van der Waals surface area contributed by atoms with E-state index >= 15 is 0 Å². The topological polar surface area (TPSA) is 12.5 Å². The van der Waals surface area contributed by atoms with Crippen LogP contribution in [0.5, 0.6) is 0 Å². The molecule has 0 atom stereocenters. The van der Waals surface area contributed by atoms with Gasteiger partial charge in [-0.05, 0) is 30.9 Å². The molecule has 0 amide bonds. The molecule has 0 unspecified atom stereocenters. The first-order valence-electron chi connectivity index (χ1n) is 7.65. The zero-order chi connectivity index (χ0) is 14.7. The highest BCUT2D eigenvalue weighted by atomic mass is 16.5. The Bertz CT molecular complexity index is 336. The molecule has 1 aromatic carbocycles. The fourth-order valence-electron chi connectivity index (χ4n) is 2.37. The predicted octanol–water partition coefficient (Wildman–Crippen LogP) is 4.45. The molecule has 2 heteroatoms. The van der Waals surface area contributed by atoms with Gasteiger partial charge >= 0.3 is 0 Å². The number of aryl methyl sites for hydroxylation is 2. The Morgan fingerprint density at radius 1 is 1.16 bits per heavy atom. The molecule has 1 aliphatic rings. The second-order valence-electron chi connectivity index (χ2n) is 4.17. The predicted molar refractivity (Wildman–Crippen MR) is 86.3 cm³/mol. The van der Waals surface area contributed by atoms with Crippen LogP contribution in [0, 0.1) is 6.92 Å². The largest absolute Gasteiger partial charge is 0.383 e. The monoisotopic (exact) mass is 265 g/mol. The molecule has 0 saturated carbocycles. The summed E-state index contributed by atoms with van der Waals surface area (Å²) in [6.07, 6.45) is 2.49. The maximum Gasteiger partial charge on any atom is 0.0637 e. The van der Waals surface area contributed by atoms with Crippen LogP contribution in [-0.2, 0) is 11.2 Å². The number of hydrogen-bond donors (Lipinski definition) is 0. The minimum Gasteiger partial charge on any atom is -0.383 e. The Hall–Kier alpha value is -1.02. The van der Waals surface area contributed by atoms with E-state index in [0.717, 1.165) is 13.2 Å². The zero-order valence-corrected chi connectivity index (χ0v) is 13.6. The van der Waals surface area contributed by atoms with E-state index < -0.39 is 0 Å². The Morgan fingerprint density at radius 2 is 1.84 bits per heavy atom. The van der Waals surface area contributed by atoms with Gasteiger partial charge in [0.25, 0.3) is 0 Å². The Kier molecular flexibility index (Phi) is 10.3. The number of fused-ring (bicyclic) bond motifs is 1. The van der Waals surface area contributed by atoms with E-state index in [4.69, 9.17) is 4.74 Å². The van der Waals surface area contributed by atoms with E-state index in [0.29, 0.717) is 0 Å². The average molecular weight is 265 g/mol. The number of para-hydroxylation sites is 1. The van der Waals surface area contributed by atoms with Gasteiger partial charge in [0.15, 0.2) is 0 Å². The van der Waals surface area contributed by atoms with Gasteiger partial charge < -0.3 is 9.64 Å². The SMILES string of the molecule is CC.CC.COCCN1CCCc2cccc(C)c21. The smallest absolute Gasteiger partial charge is 0.0637 e. The fraction of sp³-hybridized carbons (Fsp3) is 0.647. The van der Waals surface area contributed by atoms with Crippen molar-refractivity contribution >= 4 is 5.69 Å². The molecule has 0 aliphatic carbocycles. The summed E-state index contributed by atoms with van der Waals surface area (Å²) in [6.45, 7) is 13.2. The minimum absolute atomic E-state index is 0.813. The molecule has 1 aromatic rings. The number of anilines is 1. The first-order valence-corrected chi connectivity index (χ1v) is 7.65. The van der Waals surface area contributed by atoms with Gasteiger partial charge in [0.05, 0.1) is 6.61 Å². The fourth-order valence-corrected chi connectivity index (χ4v) is 2.37. The quantitative estimate of drug-likeness (QED) is 0.800. The van der Waals surface area contributed by atoms with Crippen molar-refractivity contribution in [2.24, 2.45) is 0 Å². The van der Waals surface area contributed by atoms with Crippen LogP contribution < -0.4 is 4.90 Å². The Morgan fingerprint density at radius 3 is 2.47 bits per heavy atom. The minimum atomic E-state index is 0.813. The molecular formula is C17H31NO. The summed E-state index contributed by atoms with van der Waals surface area (Å²) in [5.41, 5.74) is 4.33. The lowest BCUT2D eigenvalue weighted by Gasteiger charge is -2.32. The van der Waals surface area contributed by atoms with Crippen molar-refractivity contribution in [1.29, 1.82) is 0 Å². The highest BCUT2D eigenvalue weighted by molar-refractivity contribution is 5.60. The van der Waals surface area contributed by atoms with Crippen molar-refractivity contribution in [1.82, 2.24) is 0 Å². The number of nitrogens with zero attached hydrogens (tertiary/aromatic N) is 1. The number of ether oxygens (including phenoxy) is 1. The number of rotatable bonds is 3. The van der Waals surface area contributed by atoms with Gasteiger partial charge in [-0.1, -0.05) is 45.9 Å². The standard InChI is InChI=1S/C13H19NO.2C2H6/c1-11-5-3-6-12-7-4-8-14(13(11)12)9-10-15-2;2*1-2/h3,5-6H,4,7-10H2,1-2H3;2*1-2H3. The first-order chi connectivity index (χ1) is 9.33. The lowest BCUT2D eigenvalue weighted by molar-refractivity contribution is 0.205. The molecule has 1 aliphatic heterocycles. The lowest BCUT2D eigenvalue weighted by atomic mass is 9.98. The maximum absolute atomic E-state index is 5.16. The third-order valence-corrected chi connectivity index (χ3v) is 3.08. The number of hydrogen-bond acceptors (Lipinski definition) is 2. The third-order valence-electron chi connectivity index (χ3n) is 3.08. The molecule has 0 radical (unpaired) electrons. The van der Waals surface area contributed by atoms with E-state index in [-0.39, 0.29) is 0 Å². The van der Waals surface area contributed by atoms with Gasteiger partial charge in [0.2, 0.25) is 0 Å². The van der Waals surface area contributed by atoms with Crippen molar-refractivity contribution < 1.29 is 4.74 Å². The Balaban J connectivity index is 0.000000741. The molecule has 0 fully saturated rings. The van der Waals surface area contributed by atoms with Crippen LogP contribution in [0.15, 0.2) is 18.2 Å². The maximum atomic E-state index is 5.16. The molecule has 2 nitrogen and oxygen atoms in total. The molecule has 110 valence electrons. The van der Waals surface area contributed by atoms with Crippen molar-refractivity contribution in [2.45, 2.75) is 47.5 Å². The van der Waals surface area contributed by atoms with Crippen LogP contribution in [0.4, 0.5) is 5.69 Å². The normalized spacial score (nSPS) is 12.6. The molecule has 19 heavy (non-hydrogen) atoms. The van der Waals surface area contributed by atoms with Gasteiger partial charge in [-0.2, -0.15) is 0 Å². The van der Waals surface area contributed by atoms with Crippen LogP contribution in [0.1, 0.15) is 45.2 Å². The molecule has 0 spiro atoms. The van der Waals surface area contributed by atoms with E-state index in [2.05, 4.69) is 30.0 Å². The van der Waals surface area contributed by atoms with E-state index in [1.807, 2.05) is 27.7 Å². The third kappa shape index (κ3) is 5.23. The zero-order valence-electron chi connectivity index (χ0n) is 13.6. The Labute approximate surface area is 119 Å². The van der Waals surface area contributed by atoms with Crippen LogP contribution in [0.3, 0.4) is 0 Å². The average Bonchev–Trinajstić information content (AvgIpc) is 2.49. The van der Waals surface area contributed by atoms with Crippen molar-refractivity contribution in [3.05, 3.63) is 29.3 Å². The number of benzene rings is 1. The molecule has 0 saturated heterocycles. The summed E-state index contributed by atoms with van der Waals surface area (Å²) in [4.78, 5) is 2.46. The summed E-state index contributed by atoms with van der Waals surface area (Å²) in [5, 5.41) is 0. The van der Waals surface area contributed by atoms with Gasteiger partial charge in [0.1, 0.15) is 0 Å². The van der Waals surface area contributed by atoms with Crippen LogP contribution in [-0.4, -0.2) is 26.8 Å². The van der Waals surface area contributed by atoms with Gasteiger partial charge in [-0.3, -0.25) is 0 Å². The van der Waals surface area contributed by atoms with Crippen molar-refractivity contribution in [3.63, 3.8) is 0 Å². The first kappa shape index (κ1) is 18.0. The summed E-state index contributed by atoms with van der Waals surface area (Å²) < 4.78 is 5.16. The van der Waals surface area contributed by atoms with Crippen LogP contribution >= 0.6 is 0 Å². The van der Waals surface area contributed by atoms with E-state index in [1.54, 1.807) is 7.11 Å². The number of methoxy groups -OCH3 is 1. The van der Waals surface area contributed by atoms with Crippen LogP contribution in [0.25, 0.3) is 0 Å². The summed E-state index contributed by atoms with van der Waals surface area (Å²) in [6, 6.07) is 6.61. The van der Waals surface area contributed by atoms with Crippen molar-refractivity contribution in [3.8, 4) is 0 Å². The second kappa shape index (κ2) is 10.9. The van der Waals surface area contributed by atoms with Gasteiger partial charge in [-0.25, -0.2) is 0 Å². The summed E-state index contributed by atoms with van der Waals surface area (Å²) in [5.74, 6) is 0. The molecule has 0 aromatic heterocycles. The second-order valence-corrected chi connectivity index (χ2v) is 4.17. The van der Waals surface area contributed by atoms with Crippen LogP contribution in [0.2, 0.25) is 0 Å². The highest BCUT2D eigenvalue weighted by Crippen LogP contribution is 2.29. The highest BCUT2D eigenvalue weighted by Gasteiger charge is 2.17. The van der Waals surface area contributed by atoms with Crippen molar-refractivity contribution in [2.75, 3.05) is 31.7 Å². The summed E-state index contributed by atoms with van der Waals surface area (Å²) >= 11 is 0. The molecular weight excluding hydrogens is 234 g/mol. The van der Waals surface area contributed by atoms with E-state index in [1.165, 1.54) is 36.2 Å². The summed E-state index contributed by atoms with van der Waals surface area (Å²) in [7, 11) is 1.77. The molecule has 0 bridgehead atoms. The molecule has 1 heterocycles.